The summed E-state index contributed by atoms with van der Waals surface area (Å²) in [7, 11) is 0. The van der Waals surface area contributed by atoms with E-state index in [9.17, 15) is 59.1 Å². The highest BCUT2D eigenvalue weighted by Gasteiger charge is 2.46. The first-order valence-corrected chi connectivity index (χ1v) is 36.4. The summed E-state index contributed by atoms with van der Waals surface area (Å²) >= 11 is 6.83. The number of aromatic nitrogens is 7. The molecule has 0 aliphatic carbocycles. The van der Waals surface area contributed by atoms with Crippen LogP contribution in [0.15, 0.2) is 142 Å². The number of aliphatic hydroxyl groups excluding tert-OH is 2. The van der Waals surface area contributed by atoms with Gasteiger partial charge in [0, 0.05) is 81.7 Å². The van der Waals surface area contributed by atoms with Crippen molar-refractivity contribution in [2.45, 2.75) is 82.5 Å². The van der Waals surface area contributed by atoms with Gasteiger partial charge in [0.2, 0.25) is 11.8 Å². The fraction of sp³-hybridized carbons (Fsp3) is 0.214. The van der Waals surface area contributed by atoms with E-state index in [1.165, 1.54) is 79.6 Å². The number of carboxylic acid groups (broad SMARTS) is 2. The Hall–Kier alpha value is -10.5. The molecule has 4 aromatic carbocycles. The van der Waals surface area contributed by atoms with E-state index in [2.05, 4.69) is 10.6 Å². The van der Waals surface area contributed by atoms with Gasteiger partial charge in [-0.1, -0.05) is 73.7 Å². The largest absolute Gasteiger partial charge is 0.508 e. The van der Waals surface area contributed by atoms with Crippen LogP contribution in [-0.2, 0) is 29.1 Å². The molecule has 9 heterocycles. The number of pyridine rings is 1. The van der Waals surface area contributed by atoms with E-state index in [0.717, 1.165) is 45.3 Å². The fourth-order valence-electron chi connectivity index (χ4n) is 11.9. The molecule has 0 unspecified atom stereocenters. The van der Waals surface area contributed by atoms with Crippen molar-refractivity contribution in [2.75, 3.05) is 6.54 Å². The average molecular weight is 1470 g/mol. The zero-order valence-electron chi connectivity index (χ0n) is 53.2. The molecule has 11 aromatic rings. The third kappa shape index (κ3) is 15.0. The third-order valence-corrected chi connectivity index (χ3v) is 22.7. The molecular formula is C70H58N12O13S6. The van der Waals surface area contributed by atoms with E-state index < -0.39 is 95.8 Å². The number of rotatable bonds is 14. The van der Waals surface area contributed by atoms with Crippen molar-refractivity contribution < 1.29 is 63.9 Å². The predicted molar refractivity (Wildman–Crippen MR) is 378 cm³/mol. The summed E-state index contributed by atoms with van der Waals surface area (Å²) in [6, 6.07) is 27.1. The summed E-state index contributed by atoms with van der Waals surface area (Å²) in [5.41, 5.74) is 9.87. The second-order valence-corrected chi connectivity index (χ2v) is 29.6. The van der Waals surface area contributed by atoms with Crippen LogP contribution in [0.4, 0.5) is 0 Å². The standard InChI is InChI=1S/C70H58N12O13S6/c1-33-53(85)27-82-57(33)66-78-50(31-100-66)64-75-47(28-98-64)56-42(20-21-44(72-56)63-79-51(32-99-63)67(90)81(25-36-8-14-39(15-9-36)69(92)93)26-37-10-16-40(17-11-37)70(94)95)61-76-48(29-96-61)59(88)73-45(24-54(71)86)65-80-55(34(2)101-65)52(84)23-43(58(87)38-6-4-3-5-7-38)62-77-49(30-97-62)60(89)74-46(68(82)91)22-35-12-18-41(83)19-13-35/h3-21,28-33,43,45-46,53,57-58,83,85,87H,22-27H2,1-2H3,(H2,71,86)(H,73,88)(H,74,89)(H,92,93)(H,94,95)/t33-,43-,45-,46-,53-,57-,58+/m0/s1. The number of fused-ring (bicyclic) bond motifs is 16. The second-order valence-electron chi connectivity index (χ2n) is 24.0. The minimum Gasteiger partial charge on any atom is -0.508 e. The number of nitrogens with one attached hydrogen (secondary N) is 2. The molecule has 9 N–H and O–H groups in total. The summed E-state index contributed by atoms with van der Waals surface area (Å²) in [4.78, 5) is 148. The summed E-state index contributed by atoms with van der Waals surface area (Å²) in [6.45, 7) is 3.40. The fourth-order valence-corrected chi connectivity index (χ4v) is 17.2. The summed E-state index contributed by atoms with van der Waals surface area (Å²) in [5, 5.41) is 68.9. The predicted octanol–water partition coefficient (Wildman–Crippen LogP) is 10.4. The number of Topliss-reactive ketones (excluding diaryl/α,β-unsaturated/α-hetero) is 1. The Balaban J connectivity index is 0.885. The van der Waals surface area contributed by atoms with Crippen molar-refractivity contribution in [3.05, 3.63) is 218 Å². The van der Waals surface area contributed by atoms with Crippen LogP contribution in [-0.4, -0.2) is 136 Å². The van der Waals surface area contributed by atoms with Crippen molar-refractivity contribution in [3.63, 3.8) is 0 Å². The number of nitrogens with zero attached hydrogens (tertiary/aromatic N) is 9. The number of benzene rings is 4. The van der Waals surface area contributed by atoms with Gasteiger partial charge in [0.05, 0.1) is 52.5 Å². The van der Waals surface area contributed by atoms with Crippen LogP contribution >= 0.6 is 68.0 Å². The minimum absolute atomic E-state index is 0.00203. The quantitative estimate of drug-likeness (QED) is 0.0501. The summed E-state index contributed by atoms with van der Waals surface area (Å²) in [5.74, 6) is -7.66. The molecule has 2 aliphatic heterocycles. The maximum absolute atomic E-state index is 15.3. The highest BCUT2D eigenvalue weighted by molar-refractivity contribution is 7.15. The molecule has 512 valence electrons. The lowest BCUT2D eigenvalue weighted by Gasteiger charge is -2.29. The minimum atomic E-state index is -1.33. The lowest BCUT2D eigenvalue weighted by molar-refractivity contribution is -0.134. The Kier molecular flexibility index (Phi) is 20.1. The Labute approximate surface area is 598 Å². The number of aromatic carboxylic acids is 2. The SMILES string of the molecule is Cc1sc2nc1C(=O)C[C@@H]([C@H](O)c1ccccc1)c1nc(cs1)C(=O)N[C@@H](Cc1ccc(O)cc1)C(=O)N1C[C@H](O)[C@H](C)[C@H]1c1nc(cs1)-c1nc(cs1)-c1nc(-c3nc(C(=O)N(Cc4ccc(C(=O)O)cc4)Cc4ccc(C(=O)O)cc4)cs3)ccc1-c1nc(cs1)C(=O)N[C@H]2CC(N)=O. The van der Waals surface area contributed by atoms with Crippen molar-refractivity contribution in [3.8, 4) is 49.1 Å². The van der Waals surface area contributed by atoms with Crippen LogP contribution in [0, 0.1) is 12.8 Å². The topological polar surface area (TPSA) is 384 Å². The number of primary amides is 1. The molecule has 1 fully saturated rings. The number of aromatic hydroxyl groups is 1. The lowest BCUT2D eigenvalue weighted by atomic mass is 9.90. The maximum Gasteiger partial charge on any atom is 0.335 e. The summed E-state index contributed by atoms with van der Waals surface area (Å²) in [6.07, 6.45) is -3.17. The Morgan fingerprint density at radius 3 is 1.86 bits per heavy atom. The number of hydrogen-bond acceptors (Lipinski definition) is 24. The van der Waals surface area contributed by atoms with E-state index in [1.54, 1.807) is 109 Å². The zero-order chi connectivity index (χ0) is 70.9. The van der Waals surface area contributed by atoms with Crippen molar-refractivity contribution in [2.24, 2.45) is 11.7 Å². The van der Waals surface area contributed by atoms with Gasteiger partial charge in [-0.15, -0.1) is 68.0 Å². The van der Waals surface area contributed by atoms with Crippen molar-refractivity contribution in [1.82, 2.24) is 55.3 Å². The normalized spacial score (nSPS) is 18.3. The molecule has 25 nitrogen and oxygen atoms in total. The molecule has 0 radical (unpaired) electrons. The lowest BCUT2D eigenvalue weighted by Crippen LogP contribution is -2.50. The molecule has 101 heavy (non-hydrogen) atoms. The number of aryl methyl sites for hydroxylation is 1. The molecule has 7 aromatic heterocycles. The van der Waals surface area contributed by atoms with Crippen molar-refractivity contribution >= 4 is 115 Å². The number of nitrogens with two attached hydrogens (primary N) is 1. The molecule has 1 saturated heterocycles. The maximum atomic E-state index is 15.3. The number of phenolic OH excluding ortho intramolecular Hbond substituents is 1. The first-order valence-electron chi connectivity index (χ1n) is 31.2. The number of ketones is 1. The van der Waals surface area contributed by atoms with Gasteiger partial charge in [-0.2, -0.15) is 0 Å². The smallest absolute Gasteiger partial charge is 0.335 e. The molecule has 5 amide bonds. The number of amides is 5. The van der Waals surface area contributed by atoms with Gasteiger partial charge in [0.1, 0.15) is 76.7 Å². The molecule has 7 atom stereocenters. The van der Waals surface area contributed by atoms with Gasteiger partial charge in [0.15, 0.2) is 5.78 Å². The number of carboxylic acids is 2. The van der Waals surface area contributed by atoms with Crippen molar-refractivity contribution in [1.29, 1.82) is 0 Å². The van der Waals surface area contributed by atoms with E-state index >= 15 is 4.79 Å². The van der Waals surface area contributed by atoms with Crippen LogP contribution in [0.5, 0.6) is 5.75 Å². The van der Waals surface area contributed by atoms with E-state index in [4.69, 9.17) is 40.6 Å². The molecular weight excluding hydrogens is 1410 g/mol. The highest BCUT2D eigenvalue weighted by Crippen LogP contribution is 2.44. The monoisotopic (exact) mass is 1470 g/mol. The molecule has 2 aliphatic rings. The second kappa shape index (κ2) is 29.4. The molecule has 0 spiro atoms. The molecule has 0 saturated carbocycles. The van der Waals surface area contributed by atoms with Crippen LogP contribution in [0.3, 0.4) is 0 Å². The molecule has 13 rings (SSSR count). The number of aliphatic hydroxyl groups is 2. The first kappa shape index (κ1) is 69.0. The van der Waals surface area contributed by atoms with E-state index in [-0.39, 0.29) is 87.8 Å². The van der Waals surface area contributed by atoms with Crippen LogP contribution in [0.25, 0.3) is 43.4 Å². The summed E-state index contributed by atoms with van der Waals surface area (Å²) < 4.78 is 0. The average Bonchev–Trinajstić information content (AvgIpc) is 1.69. The third-order valence-electron chi connectivity index (χ3n) is 17.2. The highest BCUT2D eigenvalue weighted by atomic mass is 32.1. The Morgan fingerprint density at radius 2 is 1.19 bits per heavy atom. The first-order chi connectivity index (χ1) is 48.6. The van der Waals surface area contributed by atoms with Gasteiger partial charge in [-0.3, -0.25) is 28.8 Å². The van der Waals surface area contributed by atoms with E-state index in [1.807, 2.05) is 0 Å². The van der Waals surface area contributed by atoms with Gasteiger partial charge < -0.3 is 51.7 Å². The molecule has 10 bridgehead atoms. The molecule has 31 heteroatoms. The van der Waals surface area contributed by atoms with Crippen LogP contribution in [0.2, 0.25) is 0 Å². The van der Waals surface area contributed by atoms with Gasteiger partial charge in [-0.25, -0.2) is 44.5 Å². The number of carbonyl (C=O) groups excluding carboxylic acids is 6. The van der Waals surface area contributed by atoms with Crippen LogP contribution < -0.4 is 16.4 Å². The van der Waals surface area contributed by atoms with E-state index in [0.29, 0.717) is 69.8 Å². The number of phenols is 1. The Bertz CT molecular complexity index is 4930. The van der Waals surface area contributed by atoms with Gasteiger partial charge in [0.25, 0.3) is 17.7 Å². The number of thiazole rings is 6. The zero-order valence-corrected chi connectivity index (χ0v) is 58.1. The van der Waals surface area contributed by atoms with Gasteiger partial charge >= 0.3 is 11.9 Å². The number of hydrogen-bond donors (Lipinski definition) is 8. The van der Waals surface area contributed by atoms with Crippen LogP contribution in [0.1, 0.15) is 149 Å². The number of carbonyl (C=O) groups is 8. The Morgan fingerprint density at radius 1 is 0.614 bits per heavy atom. The van der Waals surface area contributed by atoms with Gasteiger partial charge in [-0.05, 0) is 77.7 Å².